The summed E-state index contributed by atoms with van der Waals surface area (Å²) in [6, 6.07) is 13.4. The Morgan fingerprint density at radius 1 is 1.17 bits per heavy atom. The highest BCUT2D eigenvalue weighted by Crippen LogP contribution is 2.18. The molecule has 2 aromatic carbocycles. The summed E-state index contributed by atoms with van der Waals surface area (Å²) in [7, 11) is 0. The predicted molar refractivity (Wildman–Crippen MR) is 106 cm³/mol. The van der Waals surface area contributed by atoms with E-state index in [0.717, 1.165) is 11.3 Å². The molecule has 1 atom stereocenters. The molecule has 0 saturated heterocycles. The fraction of sp³-hybridized carbons (Fsp3) is 0.190. The van der Waals surface area contributed by atoms with Crippen molar-refractivity contribution < 1.29 is 13.7 Å². The molecule has 152 valence electrons. The van der Waals surface area contributed by atoms with E-state index in [1.165, 1.54) is 18.5 Å². The summed E-state index contributed by atoms with van der Waals surface area (Å²) in [5, 5.41) is 10.9. The minimum atomic E-state index is -0.332. The molecule has 4 rings (SSSR count). The van der Waals surface area contributed by atoms with Crippen LogP contribution in [0.4, 0.5) is 4.39 Å². The van der Waals surface area contributed by atoms with Crippen LogP contribution in [-0.4, -0.2) is 30.8 Å². The highest BCUT2D eigenvalue weighted by molar-refractivity contribution is 5.76. The SMILES string of the molecule is C[C@H](NC(=O)CCc1nc(-c2ccc(F)cc2)no1)c1ccc(-n2cncn2)cc1. The van der Waals surface area contributed by atoms with Gasteiger partial charge in [0.2, 0.25) is 17.6 Å². The van der Waals surface area contributed by atoms with E-state index in [1.54, 1.807) is 23.1 Å². The number of aromatic nitrogens is 5. The molecule has 0 fully saturated rings. The lowest BCUT2D eigenvalue weighted by Crippen LogP contribution is -2.26. The van der Waals surface area contributed by atoms with E-state index in [2.05, 4.69) is 25.5 Å². The van der Waals surface area contributed by atoms with Crippen LogP contribution in [0.5, 0.6) is 0 Å². The van der Waals surface area contributed by atoms with Crippen LogP contribution in [0.3, 0.4) is 0 Å². The van der Waals surface area contributed by atoms with Crippen LogP contribution in [0, 0.1) is 5.82 Å². The lowest BCUT2D eigenvalue weighted by atomic mass is 10.1. The topological polar surface area (TPSA) is 98.7 Å². The minimum Gasteiger partial charge on any atom is -0.350 e. The van der Waals surface area contributed by atoms with E-state index in [4.69, 9.17) is 4.52 Å². The van der Waals surface area contributed by atoms with Crippen molar-refractivity contribution >= 4 is 5.91 Å². The van der Waals surface area contributed by atoms with Gasteiger partial charge in [0.1, 0.15) is 18.5 Å². The van der Waals surface area contributed by atoms with Gasteiger partial charge in [-0.2, -0.15) is 10.1 Å². The number of amides is 1. The zero-order chi connectivity index (χ0) is 20.9. The number of nitrogens with zero attached hydrogens (tertiary/aromatic N) is 5. The fourth-order valence-electron chi connectivity index (χ4n) is 2.95. The van der Waals surface area contributed by atoms with Crippen molar-refractivity contribution in [2.45, 2.75) is 25.8 Å². The molecule has 0 aliphatic rings. The van der Waals surface area contributed by atoms with E-state index < -0.39 is 0 Å². The Labute approximate surface area is 171 Å². The zero-order valence-electron chi connectivity index (χ0n) is 16.2. The quantitative estimate of drug-likeness (QED) is 0.506. The molecule has 2 heterocycles. The molecule has 30 heavy (non-hydrogen) atoms. The van der Waals surface area contributed by atoms with Crippen LogP contribution < -0.4 is 5.32 Å². The summed E-state index contributed by atoms with van der Waals surface area (Å²) in [6.07, 6.45) is 3.63. The molecule has 0 radical (unpaired) electrons. The lowest BCUT2D eigenvalue weighted by Gasteiger charge is -2.14. The van der Waals surface area contributed by atoms with Crippen molar-refractivity contribution in [3.63, 3.8) is 0 Å². The first-order chi connectivity index (χ1) is 14.6. The second kappa shape index (κ2) is 8.64. The molecule has 4 aromatic rings. The Balaban J connectivity index is 1.30. The second-order valence-electron chi connectivity index (χ2n) is 6.74. The number of carbonyl (C=O) groups excluding carboxylic acids is 1. The molecule has 0 bridgehead atoms. The number of hydrogen-bond acceptors (Lipinski definition) is 6. The molecule has 0 saturated carbocycles. The zero-order valence-corrected chi connectivity index (χ0v) is 16.2. The van der Waals surface area contributed by atoms with Crippen LogP contribution in [0.2, 0.25) is 0 Å². The van der Waals surface area contributed by atoms with E-state index >= 15 is 0 Å². The Kier molecular flexibility index (Phi) is 5.60. The Morgan fingerprint density at radius 3 is 2.63 bits per heavy atom. The largest absolute Gasteiger partial charge is 0.350 e. The molecule has 0 spiro atoms. The molecular formula is C21H19FN6O2. The molecule has 9 heteroatoms. The second-order valence-corrected chi connectivity index (χ2v) is 6.74. The molecular weight excluding hydrogens is 387 g/mol. The van der Waals surface area contributed by atoms with E-state index in [0.29, 0.717) is 23.7 Å². The van der Waals surface area contributed by atoms with Gasteiger partial charge in [-0.05, 0) is 48.9 Å². The lowest BCUT2D eigenvalue weighted by molar-refractivity contribution is -0.121. The van der Waals surface area contributed by atoms with E-state index in [-0.39, 0.29) is 24.2 Å². The monoisotopic (exact) mass is 406 g/mol. The van der Waals surface area contributed by atoms with Gasteiger partial charge in [-0.15, -0.1) is 0 Å². The first-order valence-corrected chi connectivity index (χ1v) is 9.41. The number of rotatable bonds is 7. The predicted octanol–water partition coefficient (Wildman–Crippen LogP) is 3.27. The highest BCUT2D eigenvalue weighted by Gasteiger charge is 2.13. The van der Waals surface area contributed by atoms with Crippen LogP contribution in [-0.2, 0) is 11.2 Å². The minimum absolute atomic E-state index is 0.121. The molecule has 8 nitrogen and oxygen atoms in total. The van der Waals surface area contributed by atoms with Crippen molar-refractivity contribution in [2.75, 3.05) is 0 Å². The van der Waals surface area contributed by atoms with Crippen LogP contribution in [0.15, 0.2) is 65.7 Å². The van der Waals surface area contributed by atoms with Gasteiger partial charge >= 0.3 is 0 Å². The van der Waals surface area contributed by atoms with Gasteiger partial charge in [-0.1, -0.05) is 17.3 Å². The van der Waals surface area contributed by atoms with Gasteiger partial charge in [-0.3, -0.25) is 4.79 Å². The van der Waals surface area contributed by atoms with Crippen molar-refractivity contribution in [1.82, 2.24) is 30.2 Å². The van der Waals surface area contributed by atoms with E-state index in [9.17, 15) is 9.18 Å². The van der Waals surface area contributed by atoms with Gasteiger partial charge in [0.05, 0.1) is 11.7 Å². The number of halogens is 1. The first-order valence-electron chi connectivity index (χ1n) is 9.41. The van der Waals surface area contributed by atoms with Crippen molar-refractivity contribution in [3.05, 3.63) is 78.5 Å². The maximum Gasteiger partial charge on any atom is 0.227 e. The Morgan fingerprint density at radius 2 is 1.93 bits per heavy atom. The molecule has 0 aliphatic heterocycles. The number of aryl methyl sites for hydroxylation is 1. The molecule has 1 N–H and O–H groups in total. The van der Waals surface area contributed by atoms with Crippen molar-refractivity contribution in [1.29, 1.82) is 0 Å². The normalized spacial score (nSPS) is 11.9. The average molecular weight is 406 g/mol. The summed E-state index contributed by atoms with van der Waals surface area (Å²) in [6.45, 7) is 1.92. The van der Waals surface area contributed by atoms with E-state index in [1.807, 2.05) is 31.2 Å². The molecule has 0 unspecified atom stereocenters. The van der Waals surface area contributed by atoms with Crippen LogP contribution in [0.1, 0.15) is 30.8 Å². The standard InChI is InChI=1S/C21H19FN6O2/c1-14(15-4-8-18(9-5-15)28-13-23-12-24-28)25-19(29)10-11-20-26-21(27-30-20)16-2-6-17(22)7-3-16/h2-9,12-14H,10-11H2,1H3,(H,25,29)/t14-/m0/s1. The molecule has 2 aromatic heterocycles. The summed E-state index contributed by atoms with van der Waals surface area (Å²) in [5.74, 6) is 0.270. The smallest absolute Gasteiger partial charge is 0.227 e. The Bertz CT molecular complexity index is 1110. The highest BCUT2D eigenvalue weighted by atomic mass is 19.1. The van der Waals surface area contributed by atoms with Crippen LogP contribution in [0.25, 0.3) is 17.1 Å². The van der Waals surface area contributed by atoms with Gasteiger partial charge < -0.3 is 9.84 Å². The number of hydrogen-bond donors (Lipinski definition) is 1. The summed E-state index contributed by atoms with van der Waals surface area (Å²) < 4.78 is 19.9. The maximum atomic E-state index is 13.0. The van der Waals surface area contributed by atoms with Crippen molar-refractivity contribution in [3.8, 4) is 17.1 Å². The van der Waals surface area contributed by atoms with Crippen molar-refractivity contribution in [2.24, 2.45) is 0 Å². The number of carbonyl (C=O) groups is 1. The number of benzene rings is 2. The van der Waals surface area contributed by atoms with Gasteiger partial charge in [0.25, 0.3) is 0 Å². The van der Waals surface area contributed by atoms with Gasteiger partial charge in [0, 0.05) is 18.4 Å². The fourth-order valence-corrected chi connectivity index (χ4v) is 2.95. The third-order valence-electron chi connectivity index (χ3n) is 4.59. The third kappa shape index (κ3) is 4.57. The average Bonchev–Trinajstić information content (AvgIpc) is 3.45. The summed E-state index contributed by atoms with van der Waals surface area (Å²) >= 11 is 0. The van der Waals surface area contributed by atoms with Crippen LogP contribution >= 0.6 is 0 Å². The Hall–Kier alpha value is -3.88. The first kappa shape index (κ1) is 19.4. The van der Waals surface area contributed by atoms with Gasteiger partial charge in [-0.25, -0.2) is 14.1 Å². The summed E-state index contributed by atoms with van der Waals surface area (Å²) in [4.78, 5) is 20.5. The summed E-state index contributed by atoms with van der Waals surface area (Å²) in [5.41, 5.74) is 2.52. The maximum absolute atomic E-state index is 13.0. The molecule has 1 amide bonds. The number of nitrogens with one attached hydrogen (secondary N) is 1. The molecule has 0 aliphatic carbocycles. The van der Waals surface area contributed by atoms with Gasteiger partial charge in [0.15, 0.2) is 0 Å². The third-order valence-corrected chi connectivity index (χ3v) is 4.59.